The highest BCUT2D eigenvalue weighted by Crippen LogP contribution is 2.41. The van der Waals surface area contributed by atoms with Crippen LogP contribution in [0.15, 0.2) is 162 Å². The molecule has 0 amide bonds. The molecule has 9 heteroatoms. The van der Waals surface area contributed by atoms with Crippen molar-refractivity contribution in [3.05, 3.63) is 179 Å². The average Bonchev–Trinajstić information content (AvgIpc) is 3.13. The molecule has 1 atom stereocenters. The molecule has 0 radical (unpaired) electrons. The predicted octanol–water partition coefficient (Wildman–Crippen LogP) is 9.48. The minimum atomic E-state index is -0.803. The second-order valence-electron chi connectivity index (χ2n) is 10.4. The minimum Gasteiger partial charge on any atom is -0.318 e. The summed E-state index contributed by atoms with van der Waals surface area (Å²) in [6, 6.07) is 52.7. The summed E-state index contributed by atoms with van der Waals surface area (Å²) in [5.41, 5.74) is 6.06. The summed E-state index contributed by atoms with van der Waals surface area (Å²) in [7, 11) is 0. The molecule has 46 heavy (non-hydrogen) atoms. The Bertz CT molecular complexity index is 1650. The molecule has 0 aromatic heterocycles. The van der Waals surface area contributed by atoms with Gasteiger partial charge in [-0.15, -0.1) is 11.8 Å². The van der Waals surface area contributed by atoms with Gasteiger partial charge < -0.3 is 5.32 Å². The second kappa shape index (κ2) is 16.7. The third-order valence-corrected chi connectivity index (χ3v) is 11.5. The quantitative estimate of drug-likeness (QED) is 0.120. The number of guanidine groups is 2. The van der Waals surface area contributed by atoms with Gasteiger partial charge in [-0.05, 0) is 58.1 Å². The van der Waals surface area contributed by atoms with E-state index in [1.165, 1.54) is 22.3 Å². The van der Waals surface area contributed by atoms with E-state index in [0.29, 0.717) is 5.96 Å². The Kier molecular flexibility index (Phi) is 11.7. The number of rotatable bonds is 13. The normalized spacial score (nSPS) is 15.7. The van der Waals surface area contributed by atoms with E-state index in [4.69, 9.17) is 9.98 Å². The Balaban J connectivity index is 1.33. The molecule has 0 spiro atoms. The molecule has 0 fully saturated rings. The van der Waals surface area contributed by atoms with Crippen molar-refractivity contribution >= 4 is 59.5 Å². The fraction of sp³-hybridized carbons (Fsp3) is 0.135. The molecule has 0 aliphatic carbocycles. The molecule has 1 aliphatic heterocycles. The molecule has 1 aliphatic rings. The lowest BCUT2D eigenvalue weighted by Crippen LogP contribution is -2.51. The van der Waals surface area contributed by atoms with Crippen molar-refractivity contribution in [2.45, 2.75) is 28.0 Å². The van der Waals surface area contributed by atoms with Gasteiger partial charge in [0.25, 0.3) is 0 Å². The van der Waals surface area contributed by atoms with E-state index in [9.17, 15) is 0 Å². The summed E-state index contributed by atoms with van der Waals surface area (Å²) in [5.74, 6) is 4.53. The fourth-order valence-corrected chi connectivity index (χ4v) is 8.45. The third kappa shape index (κ3) is 9.16. The van der Waals surface area contributed by atoms with Crippen molar-refractivity contribution in [1.82, 2.24) is 13.7 Å². The van der Waals surface area contributed by atoms with Crippen LogP contribution >= 0.6 is 47.6 Å². The zero-order valence-corrected chi connectivity index (χ0v) is 28.5. The molecule has 0 bridgehead atoms. The first kappa shape index (κ1) is 32.2. The maximum atomic E-state index is 5.30. The Morgan fingerprint density at radius 1 is 0.543 bits per heavy atom. The van der Waals surface area contributed by atoms with Gasteiger partial charge in [0.05, 0.1) is 0 Å². The van der Waals surface area contributed by atoms with Crippen LogP contribution in [0.1, 0.15) is 27.8 Å². The third-order valence-electron chi connectivity index (χ3n) is 7.01. The molecule has 2 N–H and O–H groups in total. The van der Waals surface area contributed by atoms with E-state index in [0.717, 1.165) is 34.5 Å². The monoisotopic (exact) mass is 677 g/mol. The van der Waals surface area contributed by atoms with Crippen molar-refractivity contribution in [2.24, 2.45) is 9.98 Å². The molecular formula is C37H35N5S4. The van der Waals surface area contributed by atoms with Crippen LogP contribution in [0.5, 0.6) is 0 Å². The molecule has 5 nitrogen and oxygen atoms in total. The number of nitrogens with zero attached hydrogens (tertiary/aromatic N) is 3. The molecule has 232 valence electrons. The highest BCUT2D eigenvalue weighted by atomic mass is 32.2. The summed E-state index contributed by atoms with van der Waals surface area (Å²) in [5, 5.41) is 3.82. The van der Waals surface area contributed by atoms with Crippen LogP contribution in [0.2, 0.25) is 0 Å². The van der Waals surface area contributed by atoms with Crippen LogP contribution in [0.3, 0.4) is 0 Å². The average molecular weight is 678 g/mol. The highest BCUT2D eigenvalue weighted by molar-refractivity contribution is 8.12. The number of nitrogens with one attached hydrogen (secondary N) is 2. The van der Waals surface area contributed by atoms with Crippen molar-refractivity contribution < 1.29 is 0 Å². The molecule has 1 heterocycles. The standard InChI is InChI=1S/C37H35N5S4/c1-6-16-30(17-7-1)26-43-37(34-24-14-5-15-25-34)39-35(41-44-27-31-18-8-2-9-19-31)38-36(40-37)42(45-28-32-20-10-3-11-21-32)46-29-33-22-12-4-13-23-33/h1-25H,26-29H2,(H2,38,39,40,41). The van der Waals surface area contributed by atoms with Gasteiger partial charge in [-0.1, -0.05) is 152 Å². The molecule has 5 aromatic rings. The topological polar surface area (TPSA) is 52.0 Å². The van der Waals surface area contributed by atoms with Crippen LogP contribution in [0.4, 0.5) is 0 Å². The van der Waals surface area contributed by atoms with E-state index < -0.39 is 4.99 Å². The van der Waals surface area contributed by atoms with Gasteiger partial charge in [0.15, 0.2) is 0 Å². The van der Waals surface area contributed by atoms with Crippen LogP contribution in [-0.2, 0) is 28.0 Å². The van der Waals surface area contributed by atoms with Gasteiger partial charge >= 0.3 is 0 Å². The van der Waals surface area contributed by atoms with Gasteiger partial charge in [-0.3, -0.25) is 4.72 Å². The second-order valence-corrected chi connectivity index (χ2v) is 14.4. The van der Waals surface area contributed by atoms with Crippen LogP contribution in [0, 0.1) is 0 Å². The first-order valence-electron chi connectivity index (χ1n) is 15.0. The maximum Gasteiger partial charge on any atom is 0.234 e. The molecular weight excluding hydrogens is 643 g/mol. The van der Waals surface area contributed by atoms with E-state index in [-0.39, 0.29) is 0 Å². The lowest BCUT2D eigenvalue weighted by Gasteiger charge is -2.37. The Hall–Kier alpha value is -3.76. The van der Waals surface area contributed by atoms with Gasteiger partial charge in [-0.2, -0.15) is 4.99 Å². The van der Waals surface area contributed by atoms with Crippen LogP contribution in [0.25, 0.3) is 0 Å². The van der Waals surface area contributed by atoms with Gasteiger partial charge in [-0.25, -0.2) is 8.70 Å². The Morgan fingerprint density at radius 2 is 0.978 bits per heavy atom. The van der Waals surface area contributed by atoms with Crippen molar-refractivity contribution in [1.29, 1.82) is 0 Å². The summed E-state index contributed by atoms with van der Waals surface area (Å²) in [6.07, 6.45) is 0. The van der Waals surface area contributed by atoms with Crippen LogP contribution < -0.4 is 10.0 Å². The van der Waals surface area contributed by atoms with E-state index in [1.54, 1.807) is 47.6 Å². The van der Waals surface area contributed by atoms with Crippen molar-refractivity contribution in [3.8, 4) is 0 Å². The fourth-order valence-electron chi connectivity index (χ4n) is 4.66. The molecule has 6 rings (SSSR count). The zero-order valence-electron chi connectivity index (χ0n) is 25.2. The van der Waals surface area contributed by atoms with Gasteiger partial charge in [0.2, 0.25) is 16.9 Å². The summed E-state index contributed by atoms with van der Waals surface area (Å²) >= 11 is 6.84. The summed E-state index contributed by atoms with van der Waals surface area (Å²) in [4.78, 5) is 9.61. The molecule has 0 saturated heterocycles. The lowest BCUT2D eigenvalue weighted by atomic mass is 10.1. The maximum absolute atomic E-state index is 5.30. The highest BCUT2D eigenvalue weighted by Gasteiger charge is 2.39. The van der Waals surface area contributed by atoms with E-state index in [2.05, 4.69) is 153 Å². The molecule has 5 aromatic carbocycles. The predicted molar refractivity (Wildman–Crippen MR) is 202 cm³/mol. The SMILES string of the molecule is c1ccc(CSNC2=NC(SCc3ccccc3)(c3ccccc3)NC(N(SCc3ccccc3)SCc3ccccc3)=N2)cc1. The largest absolute Gasteiger partial charge is 0.318 e. The van der Waals surface area contributed by atoms with Crippen molar-refractivity contribution in [3.63, 3.8) is 0 Å². The van der Waals surface area contributed by atoms with Crippen LogP contribution in [-0.4, -0.2) is 15.6 Å². The van der Waals surface area contributed by atoms with Crippen molar-refractivity contribution in [2.75, 3.05) is 0 Å². The number of thioether (sulfide) groups is 1. The van der Waals surface area contributed by atoms with Gasteiger partial charge in [0.1, 0.15) is 0 Å². The van der Waals surface area contributed by atoms with E-state index in [1.807, 2.05) is 12.1 Å². The number of benzene rings is 5. The minimum absolute atomic E-state index is 0.588. The van der Waals surface area contributed by atoms with Gasteiger partial charge in [0, 0.05) is 28.6 Å². The smallest absolute Gasteiger partial charge is 0.234 e. The molecule has 1 unspecified atom stereocenters. The summed E-state index contributed by atoms with van der Waals surface area (Å²) < 4.78 is 5.73. The Morgan fingerprint density at radius 3 is 1.48 bits per heavy atom. The van der Waals surface area contributed by atoms with E-state index >= 15 is 0 Å². The zero-order chi connectivity index (χ0) is 31.3. The first-order chi connectivity index (χ1) is 22.8. The summed E-state index contributed by atoms with van der Waals surface area (Å²) in [6.45, 7) is 0. The molecule has 0 saturated carbocycles. The first-order valence-corrected chi connectivity index (χ1v) is 18.9. The number of hydrogen-bond donors (Lipinski definition) is 2. The Labute approximate surface area is 289 Å². The number of hydrogen-bond acceptors (Lipinski definition) is 9. The lowest BCUT2D eigenvalue weighted by molar-refractivity contribution is 0.586. The number of aliphatic imine (C=N–C) groups is 2.